The molecule has 0 fully saturated rings. The minimum atomic E-state index is -4.98. The Morgan fingerprint density at radius 3 is 0.860 bits per heavy atom. The van der Waals surface area contributed by atoms with Crippen LogP contribution in [-0.4, -0.2) is 96.7 Å². The molecule has 0 saturated heterocycles. The highest BCUT2D eigenvalue weighted by Gasteiger charge is 2.30. The van der Waals surface area contributed by atoms with E-state index in [4.69, 9.17) is 37.0 Å². The van der Waals surface area contributed by atoms with E-state index in [9.17, 15) is 43.2 Å². The molecule has 0 aliphatic rings. The number of carbonyl (C=O) groups excluding carboxylic acids is 4. The number of unbranched alkanes of at least 4 members (excludes halogenated alkanes) is 35. The zero-order chi connectivity index (χ0) is 73.2. The summed E-state index contributed by atoms with van der Waals surface area (Å²) < 4.78 is 68.6. The van der Waals surface area contributed by atoms with Gasteiger partial charge in [0.2, 0.25) is 0 Å². The Hall–Kier alpha value is -3.76. The van der Waals surface area contributed by atoms with Crippen molar-refractivity contribution in [2.45, 2.75) is 367 Å². The van der Waals surface area contributed by atoms with Crippen molar-refractivity contribution < 1.29 is 80.2 Å². The van der Waals surface area contributed by atoms with Crippen LogP contribution in [0.4, 0.5) is 0 Å². The van der Waals surface area contributed by atoms with Gasteiger partial charge in [-0.15, -0.1) is 0 Å². The van der Waals surface area contributed by atoms with Gasteiger partial charge >= 0.3 is 39.5 Å². The van der Waals surface area contributed by atoms with Crippen LogP contribution < -0.4 is 0 Å². The molecule has 0 heterocycles. The lowest BCUT2D eigenvalue weighted by Gasteiger charge is -2.21. The van der Waals surface area contributed by atoms with E-state index < -0.39 is 97.5 Å². The standard InChI is InChI=1S/C81H144O17P2/c1-5-9-13-17-21-25-29-33-36-37-40-43-46-50-54-58-62-66-79(84)92-72-77(98-81(86)68-64-60-56-52-48-44-39-35-31-27-23-19-15-11-7-3)74-96-100(89,90)94-70-75(82)69-93-99(87,88)95-73-76(97-80(85)67-63-59-55-51-47-41-32-28-24-20-16-12-8-4)71-91-78(83)65-61-57-53-49-45-42-38-34-30-26-22-18-14-10-6-2/h9,13,16,20-22,25-26,28,32-34,36,38,75-77,82H,5-8,10-12,14-15,17-19,23-24,27,29-31,35,37,39-74H2,1-4H3,(H,87,88)(H,89,90)/b13-9-,20-16-,25-21-,26-22-,32-28-,36-33-,38-34-. The van der Waals surface area contributed by atoms with Crippen LogP contribution >= 0.6 is 15.6 Å². The van der Waals surface area contributed by atoms with Crippen molar-refractivity contribution in [2.24, 2.45) is 0 Å². The van der Waals surface area contributed by atoms with Gasteiger partial charge < -0.3 is 33.8 Å². The number of hydrogen-bond acceptors (Lipinski definition) is 15. The number of phosphoric ester groups is 2. The Labute approximate surface area is 608 Å². The third-order valence-corrected chi connectivity index (χ3v) is 18.7. The first-order valence-electron chi connectivity index (χ1n) is 39.8. The molecule has 0 radical (unpaired) electrons. The van der Waals surface area contributed by atoms with Crippen molar-refractivity contribution in [3.05, 3.63) is 85.1 Å². The number of phosphoric acid groups is 2. The average molecular weight is 1450 g/mol. The predicted octanol–water partition coefficient (Wildman–Crippen LogP) is 23.0. The SMILES string of the molecule is CC/C=C\C/C=C\C/C=C\CCCCCCCCCC(=O)OCC(COP(=O)(O)OCC(O)COP(=O)(O)OCC(COC(=O)CCCCCCC/C=C\C/C=C\CCCCC)OC(=O)CCCCCCC/C=C\C/C=C\CCC)OC(=O)CCCCCCCCCCCCCCCCC. The van der Waals surface area contributed by atoms with E-state index in [2.05, 4.69) is 113 Å². The van der Waals surface area contributed by atoms with Crippen LogP contribution in [0.25, 0.3) is 0 Å². The second-order valence-corrected chi connectivity index (χ2v) is 29.5. The molecule has 580 valence electrons. The maximum atomic E-state index is 13.1. The summed E-state index contributed by atoms with van der Waals surface area (Å²) in [6, 6.07) is 0. The third-order valence-electron chi connectivity index (χ3n) is 16.8. The highest BCUT2D eigenvalue weighted by atomic mass is 31.2. The van der Waals surface area contributed by atoms with Gasteiger partial charge in [0.25, 0.3) is 0 Å². The van der Waals surface area contributed by atoms with Crippen LogP contribution in [0.1, 0.15) is 349 Å². The molecule has 0 bridgehead atoms. The van der Waals surface area contributed by atoms with Gasteiger partial charge in [-0.1, -0.05) is 293 Å². The molecule has 0 saturated carbocycles. The van der Waals surface area contributed by atoms with Crippen molar-refractivity contribution in [3.8, 4) is 0 Å². The van der Waals surface area contributed by atoms with Crippen LogP contribution in [0.3, 0.4) is 0 Å². The fraction of sp³-hybridized carbons (Fsp3) is 0.778. The topological polar surface area (TPSA) is 237 Å². The normalized spacial score (nSPS) is 14.3. The van der Waals surface area contributed by atoms with Gasteiger partial charge in [-0.25, -0.2) is 9.13 Å². The summed E-state index contributed by atoms with van der Waals surface area (Å²) in [6.45, 7) is 4.69. The zero-order valence-corrected chi connectivity index (χ0v) is 65.2. The fourth-order valence-electron chi connectivity index (χ4n) is 10.8. The molecule has 100 heavy (non-hydrogen) atoms. The van der Waals surface area contributed by atoms with E-state index in [1.807, 2.05) is 0 Å². The Kier molecular flexibility index (Phi) is 70.8. The van der Waals surface area contributed by atoms with Crippen LogP contribution in [-0.2, 0) is 65.4 Å². The summed E-state index contributed by atoms with van der Waals surface area (Å²) in [5.74, 6) is -2.19. The molecule has 0 aromatic rings. The zero-order valence-electron chi connectivity index (χ0n) is 63.4. The van der Waals surface area contributed by atoms with Gasteiger partial charge in [0.05, 0.1) is 26.4 Å². The molecule has 3 N–H and O–H groups in total. The maximum absolute atomic E-state index is 13.1. The average Bonchev–Trinajstić information content (AvgIpc) is 1.06. The van der Waals surface area contributed by atoms with Crippen molar-refractivity contribution in [2.75, 3.05) is 39.6 Å². The van der Waals surface area contributed by atoms with E-state index in [1.54, 1.807) is 0 Å². The summed E-state index contributed by atoms with van der Waals surface area (Å²) in [5, 5.41) is 10.6. The Balaban J connectivity index is 5.34. The number of hydrogen-bond donors (Lipinski definition) is 3. The lowest BCUT2D eigenvalue weighted by Crippen LogP contribution is -2.30. The number of ether oxygens (including phenoxy) is 4. The van der Waals surface area contributed by atoms with Crippen molar-refractivity contribution >= 4 is 39.5 Å². The van der Waals surface area contributed by atoms with Gasteiger partial charge in [-0.3, -0.25) is 37.3 Å². The summed E-state index contributed by atoms with van der Waals surface area (Å²) in [7, 11) is -9.95. The Bertz CT molecular complexity index is 2230. The van der Waals surface area contributed by atoms with E-state index >= 15 is 0 Å². The molecule has 5 unspecified atom stereocenters. The van der Waals surface area contributed by atoms with Crippen LogP contribution in [0.2, 0.25) is 0 Å². The summed E-state index contributed by atoms with van der Waals surface area (Å²) in [5.41, 5.74) is 0. The van der Waals surface area contributed by atoms with Gasteiger partial charge in [-0.2, -0.15) is 0 Å². The maximum Gasteiger partial charge on any atom is 0.472 e. The lowest BCUT2D eigenvalue weighted by molar-refractivity contribution is -0.161. The van der Waals surface area contributed by atoms with Crippen LogP contribution in [0, 0.1) is 0 Å². The van der Waals surface area contributed by atoms with Crippen molar-refractivity contribution in [1.82, 2.24) is 0 Å². The largest absolute Gasteiger partial charge is 0.472 e. The van der Waals surface area contributed by atoms with Crippen LogP contribution in [0.15, 0.2) is 85.1 Å². The molecular formula is C81H144O17P2. The van der Waals surface area contributed by atoms with Crippen LogP contribution in [0.5, 0.6) is 0 Å². The molecule has 0 amide bonds. The third kappa shape index (κ3) is 72.6. The fourth-order valence-corrected chi connectivity index (χ4v) is 12.4. The predicted molar refractivity (Wildman–Crippen MR) is 409 cm³/mol. The quantitative estimate of drug-likeness (QED) is 0.0169. The number of aliphatic hydroxyl groups is 1. The molecule has 17 nitrogen and oxygen atoms in total. The Morgan fingerprint density at radius 2 is 0.540 bits per heavy atom. The van der Waals surface area contributed by atoms with Crippen molar-refractivity contribution in [1.29, 1.82) is 0 Å². The lowest BCUT2D eigenvalue weighted by atomic mass is 10.0. The van der Waals surface area contributed by atoms with Gasteiger partial charge in [0, 0.05) is 25.7 Å². The first-order chi connectivity index (χ1) is 48.7. The summed E-state index contributed by atoms with van der Waals surface area (Å²) in [6.07, 6.45) is 75.6. The number of rotatable bonds is 75. The van der Waals surface area contributed by atoms with Crippen molar-refractivity contribution in [3.63, 3.8) is 0 Å². The molecule has 19 heteroatoms. The highest BCUT2D eigenvalue weighted by Crippen LogP contribution is 2.45. The summed E-state index contributed by atoms with van der Waals surface area (Å²) >= 11 is 0. The smallest absolute Gasteiger partial charge is 0.462 e. The molecule has 0 aromatic heterocycles. The second kappa shape index (κ2) is 73.5. The van der Waals surface area contributed by atoms with Gasteiger partial charge in [0.15, 0.2) is 12.2 Å². The number of carbonyl (C=O) groups is 4. The molecule has 0 aliphatic carbocycles. The molecule has 0 rings (SSSR count). The van der Waals surface area contributed by atoms with E-state index in [1.165, 1.54) is 83.5 Å². The highest BCUT2D eigenvalue weighted by molar-refractivity contribution is 7.47. The van der Waals surface area contributed by atoms with E-state index in [0.717, 1.165) is 186 Å². The first-order valence-corrected chi connectivity index (χ1v) is 42.8. The summed E-state index contributed by atoms with van der Waals surface area (Å²) in [4.78, 5) is 73.0. The number of aliphatic hydroxyl groups excluding tert-OH is 1. The Morgan fingerprint density at radius 1 is 0.290 bits per heavy atom. The minimum absolute atomic E-state index is 0.0773. The van der Waals surface area contributed by atoms with Gasteiger partial charge in [0.1, 0.15) is 19.3 Å². The molecular weight excluding hydrogens is 1310 g/mol. The number of allylic oxidation sites excluding steroid dienone is 14. The molecule has 0 aliphatic heterocycles. The minimum Gasteiger partial charge on any atom is -0.462 e. The molecule has 0 spiro atoms. The van der Waals surface area contributed by atoms with E-state index in [0.29, 0.717) is 25.7 Å². The van der Waals surface area contributed by atoms with Gasteiger partial charge in [-0.05, 0) is 116 Å². The monoisotopic (exact) mass is 1450 g/mol. The molecule has 0 aromatic carbocycles. The second-order valence-electron chi connectivity index (χ2n) is 26.6. The molecule has 5 atom stereocenters. The first kappa shape index (κ1) is 96.2. The number of esters is 4. The van der Waals surface area contributed by atoms with E-state index in [-0.39, 0.29) is 25.7 Å².